The Hall–Kier alpha value is -13.8. The second kappa shape index (κ2) is 56.1. The second-order valence-corrected chi connectivity index (χ2v) is 38.8. The van der Waals surface area contributed by atoms with Gasteiger partial charge in [0.25, 0.3) is 5.91 Å². The van der Waals surface area contributed by atoms with Crippen molar-refractivity contribution >= 4 is 99.3 Å². The second-order valence-electron chi connectivity index (χ2n) is 38.8. The van der Waals surface area contributed by atoms with Crippen LogP contribution < -0.4 is 26.2 Å². The van der Waals surface area contributed by atoms with Gasteiger partial charge in [-0.1, -0.05) is 210 Å². The van der Waals surface area contributed by atoms with Gasteiger partial charge in [-0.25, -0.2) is 14.2 Å². The number of hydrogen-bond donors (Lipinski definition) is 3. The zero-order valence-electron chi connectivity index (χ0n) is 85.3. The van der Waals surface area contributed by atoms with Crippen molar-refractivity contribution in [3.8, 4) is 56.2 Å². The molecular formula is C116H143N13O17. The van der Waals surface area contributed by atoms with Crippen LogP contribution in [0.15, 0.2) is 170 Å². The summed E-state index contributed by atoms with van der Waals surface area (Å²) < 4.78 is 20.5. The van der Waals surface area contributed by atoms with E-state index < -0.39 is 36.2 Å². The molecule has 1 aliphatic carbocycles. The number of carbonyl (C=O) groups is 14. The molecule has 30 heteroatoms. The lowest BCUT2D eigenvalue weighted by Gasteiger charge is -2.32. The average Bonchev–Trinajstić information content (AvgIpc) is 1.56. The number of hydrogen-bond acceptors (Lipinski definition) is 22. The van der Waals surface area contributed by atoms with Crippen LogP contribution >= 0.6 is 0 Å². The fraction of sp³-hybridized carbons (Fsp3) is 0.483. The van der Waals surface area contributed by atoms with Crippen molar-refractivity contribution in [2.45, 2.75) is 328 Å². The Bertz CT molecular complexity index is 5980. The molecule has 4 atom stereocenters. The number of likely N-dealkylation sites (tertiary alicyclic amines) is 2. The number of fused-ring (bicyclic) bond motifs is 13. The van der Waals surface area contributed by atoms with Crippen molar-refractivity contribution in [2.75, 3.05) is 48.4 Å². The highest BCUT2D eigenvalue weighted by atomic mass is 16.6. The third-order valence-electron chi connectivity index (χ3n) is 28.6. The molecule has 6 heterocycles. The van der Waals surface area contributed by atoms with E-state index in [1.165, 1.54) is 4.90 Å². The van der Waals surface area contributed by atoms with Crippen LogP contribution in [0, 0.1) is 0 Å². The summed E-state index contributed by atoms with van der Waals surface area (Å²) in [5.41, 5.74) is 21.0. The molecule has 4 N–H and O–H groups in total. The van der Waals surface area contributed by atoms with E-state index in [2.05, 4.69) is 45.2 Å². The molecule has 2 fully saturated rings. The molecular weight excluding hydrogens is 1850 g/mol. The Morgan fingerprint density at radius 1 is 0.418 bits per heavy atom. The van der Waals surface area contributed by atoms with E-state index >= 15 is 0 Å². The van der Waals surface area contributed by atoms with Gasteiger partial charge in [-0.05, 0) is 179 Å². The maximum absolute atomic E-state index is 14.9. The summed E-state index contributed by atoms with van der Waals surface area (Å²) in [6.07, 6.45) is 19.3. The number of ether oxygens (including phenoxy) is 3. The summed E-state index contributed by atoms with van der Waals surface area (Å²) in [5.74, 6) is -1.45. The summed E-state index contributed by atoms with van der Waals surface area (Å²) >= 11 is 0. The number of aryl methyl sites for hydroxylation is 2. The van der Waals surface area contributed by atoms with Crippen LogP contribution in [-0.4, -0.2) is 179 Å². The lowest BCUT2D eigenvalue weighted by molar-refractivity contribution is -0.145. The van der Waals surface area contributed by atoms with Crippen LogP contribution in [-0.2, 0) is 97.9 Å². The summed E-state index contributed by atoms with van der Waals surface area (Å²) in [6.45, 7) is 10.2. The van der Waals surface area contributed by atoms with E-state index in [0.717, 1.165) is 135 Å². The molecule has 2 aromatic heterocycles. The van der Waals surface area contributed by atoms with E-state index in [4.69, 9.17) is 30.3 Å². The number of esters is 2. The molecule has 14 rings (SSSR count). The number of unbranched alkanes of at least 4 members (excludes halogenated alkanes) is 12. The predicted molar refractivity (Wildman–Crippen MR) is 559 cm³/mol. The van der Waals surface area contributed by atoms with Crippen molar-refractivity contribution < 1.29 is 81.3 Å². The van der Waals surface area contributed by atoms with Gasteiger partial charge in [0.05, 0.1) is 80.0 Å². The van der Waals surface area contributed by atoms with Gasteiger partial charge in [0, 0.05) is 149 Å². The fourth-order valence-corrected chi connectivity index (χ4v) is 20.1. The lowest BCUT2D eigenvalue weighted by atomic mass is 9.95. The van der Waals surface area contributed by atoms with Crippen molar-refractivity contribution in [3.63, 3.8) is 0 Å². The first-order valence-electron chi connectivity index (χ1n) is 53.2. The Morgan fingerprint density at radius 2 is 0.836 bits per heavy atom. The largest absolute Gasteiger partial charge is 0.466 e. The number of nitrogen functional groups attached to an aromatic ring is 1. The first kappa shape index (κ1) is 109. The van der Waals surface area contributed by atoms with Gasteiger partial charge in [-0.15, -0.1) is 10.2 Å². The third-order valence-corrected chi connectivity index (χ3v) is 28.6. The highest BCUT2D eigenvalue weighted by molar-refractivity contribution is 6.03. The maximum atomic E-state index is 14.9. The third kappa shape index (κ3) is 30.2. The van der Waals surface area contributed by atoms with E-state index in [1.54, 1.807) is 38.1 Å². The van der Waals surface area contributed by atoms with Crippen molar-refractivity contribution in [2.24, 2.45) is 0 Å². The number of carbonyl (C=O) groups excluding carboxylic acids is 14. The summed E-state index contributed by atoms with van der Waals surface area (Å²) in [6, 6.07) is 51.4. The van der Waals surface area contributed by atoms with Crippen LogP contribution in [0.3, 0.4) is 0 Å². The highest BCUT2D eigenvalue weighted by Gasteiger charge is 2.46. The first-order valence-corrected chi connectivity index (χ1v) is 53.2. The molecule has 7 aromatic carbocycles. The molecule has 5 aliphatic rings. The standard InChI is InChI=1S/C67H81N7O10.C49H62N6O7/c1-3-48(75)25-10-18-35-62(79)72-43-46-24-9-11-26-50(46)64-65(55-31-16-17-33-58(55)72)74(70-69-64)40-22-19-32-57(60(77)34-8-6-5-7-23-41-83-63(80)38-37-49(76)4-2)68-66(81)59-42-47(71-39-21-20-36-61(71)78)44-73(59)67(82)84-45-56-53-29-14-12-27-51(53)52-28-13-15-30-54(52)56;1-3-38(56)19-10-14-25-45(59)54-34-36-18-9-11-20-40(36)47-48(41-21-12-13-23-43(41)54)55(53-52-47)32-16-15-22-42(51-49(61)35-26-28-37(50)29-27-35)44(58)24-8-6-5-7-17-33-62-46(60)31-30-39(57)4-2/h9,11-17,24,26-31,33,47,56-57,59H,3-8,10,18-23,25,32,34-45H2,1-2H3,(H,68,81);9,11-13,18,20-21,23,26-29,42H,3-8,10,14-17,19,22,24-25,30-34,50H2,1-2H3,(H,51,61)/t47-,57?,59?;/m1./s1. The summed E-state index contributed by atoms with van der Waals surface area (Å²) in [4.78, 5) is 190. The minimum Gasteiger partial charge on any atom is -0.466 e. The number of anilines is 3. The van der Waals surface area contributed by atoms with Crippen molar-refractivity contribution in [3.05, 3.63) is 198 Å². The normalized spacial score (nSPS) is 14.7. The fourth-order valence-electron chi connectivity index (χ4n) is 20.1. The number of Topliss-reactive ketones (excluding diaryl/α,β-unsaturated/α-hetero) is 6. The number of benzene rings is 7. The highest BCUT2D eigenvalue weighted by Crippen LogP contribution is 2.47. The molecule has 9 aromatic rings. The molecule has 146 heavy (non-hydrogen) atoms. The van der Waals surface area contributed by atoms with Crippen LogP contribution in [0.4, 0.5) is 21.9 Å². The molecule has 30 nitrogen and oxygen atoms in total. The number of rotatable bonds is 55. The molecule has 4 aliphatic heterocycles. The summed E-state index contributed by atoms with van der Waals surface area (Å²) in [7, 11) is 0. The molecule has 6 amide bonds. The molecule has 0 spiro atoms. The van der Waals surface area contributed by atoms with Crippen LogP contribution in [0.5, 0.6) is 0 Å². The van der Waals surface area contributed by atoms with Crippen molar-refractivity contribution in [1.82, 2.24) is 50.4 Å². The Morgan fingerprint density at radius 3 is 1.32 bits per heavy atom. The minimum atomic E-state index is -0.994. The van der Waals surface area contributed by atoms with Gasteiger partial charge < -0.3 is 45.3 Å². The maximum Gasteiger partial charge on any atom is 0.410 e. The van der Waals surface area contributed by atoms with E-state index in [1.807, 2.05) is 159 Å². The monoisotopic (exact) mass is 1990 g/mol. The van der Waals surface area contributed by atoms with Crippen molar-refractivity contribution in [1.29, 1.82) is 0 Å². The SMILES string of the molecule is CCC(=O)CCCCC(=O)N1Cc2ccccc2-c2nnn(CCCCC(NC(=O)C3C[C@@H](N4CCCCC4=O)CN3C(=O)OCC3c4ccccc4-c4ccccc43)C(=O)CCCCCCCOC(=O)CCC(=O)CC)c2-c2ccccc21.CCC(=O)CCCCC(=O)N1Cc2ccccc2-c2nnn(CCCCC(NC(=O)c3ccc(N)cc3)C(=O)CCCCCCCOC(=O)CCC(=O)CC)c2-c2ccccc21. The zero-order valence-corrected chi connectivity index (χ0v) is 85.3. The van der Waals surface area contributed by atoms with Gasteiger partial charge >= 0.3 is 18.0 Å². The lowest BCUT2D eigenvalue weighted by Crippen LogP contribution is -2.51. The summed E-state index contributed by atoms with van der Waals surface area (Å²) in [5, 5.41) is 24.9. The molecule has 0 saturated carbocycles. The van der Waals surface area contributed by atoms with Crippen LogP contribution in [0.1, 0.15) is 310 Å². The number of para-hydroxylation sites is 2. The van der Waals surface area contributed by atoms with Gasteiger partial charge in [-0.3, -0.25) is 67.2 Å². The van der Waals surface area contributed by atoms with Gasteiger partial charge in [0.2, 0.25) is 23.6 Å². The number of nitrogens with zero attached hydrogens (tertiary/aromatic N) is 10. The molecule has 3 unspecified atom stereocenters. The molecule has 774 valence electrons. The number of aromatic nitrogens is 6. The zero-order chi connectivity index (χ0) is 103. The number of amides is 6. The Kier molecular flexibility index (Phi) is 42.0. The van der Waals surface area contributed by atoms with Gasteiger partial charge in [0.15, 0.2) is 11.6 Å². The van der Waals surface area contributed by atoms with Gasteiger partial charge in [-0.2, -0.15) is 0 Å². The Labute approximate surface area is 856 Å². The number of piperidine rings is 1. The van der Waals surface area contributed by atoms with E-state index in [9.17, 15) is 67.1 Å². The van der Waals surface area contributed by atoms with E-state index in [0.29, 0.717) is 210 Å². The van der Waals surface area contributed by atoms with Crippen LogP contribution in [0.25, 0.3) is 56.2 Å². The van der Waals surface area contributed by atoms with Gasteiger partial charge in [0.1, 0.15) is 47.2 Å². The predicted octanol–water partition coefficient (Wildman–Crippen LogP) is 20.0. The smallest absolute Gasteiger partial charge is 0.410 e. The Balaban J connectivity index is 0.000000256. The molecule has 0 radical (unpaired) electrons. The number of ketones is 6. The molecule has 0 bridgehead atoms. The van der Waals surface area contributed by atoms with Crippen LogP contribution in [0.2, 0.25) is 0 Å². The topological polar surface area (TPSA) is 391 Å². The average molecular weight is 1990 g/mol. The number of nitrogens with two attached hydrogens (primary N) is 1. The first-order chi connectivity index (χ1) is 71.0. The minimum absolute atomic E-state index is 0.000119. The quantitative estimate of drug-likeness (QED) is 0.0138. The van der Waals surface area contributed by atoms with E-state index in [-0.39, 0.29) is 134 Å². The number of nitrogens with one attached hydrogen (secondary N) is 2. The molecule has 2 saturated heterocycles.